The highest BCUT2D eigenvalue weighted by molar-refractivity contribution is 7.84. The molecule has 0 saturated heterocycles. The average molecular weight is 188 g/mol. The highest BCUT2D eigenvalue weighted by Crippen LogP contribution is 2.27. The van der Waals surface area contributed by atoms with Crippen LogP contribution in [-0.4, -0.2) is 12.6 Å². The Morgan fingerprint density at radius 3 is 2.33 bits per heavy atom. The minimum absolute atomic E-state index is 0.0874. The lowest BCUT2D eigenvalue weighted by Crippen LogP contribution is -2.08. The van der Waals surface area contributed by atoms with Crippen molar-refractivity contribution >= 4 is 18.6 Å². The van der Waals surface area contributed by atoms with Gasteiger partial charge in [0, 0.05) is 6.08 Å². The molecule has 0 aromatic carbocycles. The van der Waals surface area contributed by atoms with Crippen LogP contribution in [0.25, 0.3) is 0 Å². The second-order valence-electron chi connectivity index (χ2n) is 3.53. The maximum atomic E-state index is 11.0. The number of thiol groups is 1. The molecule has 0 amide bonds. The van der Waals surface area contributed by atoms with Gasteiger partial charge in [0.25, 0.3) is 0 Å². The average Bonchev–Trinajstić information content (AvgIpc) is 1.85. The largest absolute Gasteiger partial charge is 0.463 e. The summed E-state index contributed by atoms with van der Waals surface area (Å²) in [6.45, 7) is 8.16. The van der Waals surface area contributed by atoms with E-state index in [1.165, 1.54) is 6.08 Å². The van der Waals surface area contributed by atoms with Crippen molar-refractivity contribution in [3.05, 3.63) is 11.0 Å². The molecule has 0 bridgehead atoms. The zero-order chi connectivity index (χ0) is 9.78. The Kier molecular flexibility index (Phi) is 4.39. The van der Waals surface area contributed by atoms with Gasteiger partial charge < -0.3 is 4.74 Å². The van der Waals surface area contributed by atoms with Crippen molar-refractivity contribution in [1.29, 1.82) is 0 Å². The normalized spacial score (nSPS) is 12.9. The monoisotopic (exact) mass is 188 g/mol. The molecule has 0 atom stereocenters. The number of carbonyl (C=O) groups excluding carboxylic acids is 1. The van der Waals surface area contributed by atoms with Gasteiger partial charge in [0.05, 0.1) is 6.61 Å². The molecule has 0 heterocycles. The molecule has 0 radical (unpaired) electrons. The smallest absolute Gasteiger partial charge is 0.331 e. The van der Waals surface area contributed by atoms with E-state index in [9.17, 15) is 4.79 Å². The van der Waals surface area contributed by atoms with E-state index in [1.807, 2.05) is 20.8 Å². The highest BCUT2D eigenvalue weighted by Gasteiger charge is 2.14. The summed E-state index contributed by atoms with van der Waals surface area (Å²) in [5.41, 5.74) is -0.0874. The van der Waals surface area contributed by atoms with Crippen molar-refractivity contribution in [1.82, 2.24) is 0 Å². The molecule has 0 N–H and O–H groups in total. The fourth-order valence-electron chi connectivity index (χ4n) is 0.512. The lowest BCUT2D eigenvalue weighted by Gasteiger charge is -2.17. The van der Waals surface area contributed by atoms with E-state index in [-0.39, 0.29) is 11.4 Å². The van der Waals surface area contributed by atoms with E-state index in [4.69, 9.17) is 4.74 Å². The first-order chi connectivity index (χ1) is 5.38. The molecular formula is C9H16O2S. The van der Waals surface area contributed by atoms with Crippen LogP contribution in [0.15, 0.2) is 11.0 Å². The number of hydrogen-bond donors (Lipinski definition) is 1. The molecule has 70 valence electrons. The summed E-state index contributed by atoms with van der Waals surface area (Å²) in [5.74, 6) is -0.322. The third-order valence-electron chi connectivity index (χ3n) is 1.31. The minimum Gasteiger partial charge on any atom is -0.463 e. The Bertz CT molecular complexity index is 189. The van der Waals surface area contributed by atoms with Crippen LogP contribution in [0.1, 0.15) is 27.7 Å². The molecule has 0 unspecified atom stereocenters. The maximum Gasteiger partial charge on any atom is 0.331 e. The Morgan fingerprint density at radius 2 is 2.00 bits per heavy atom. The SMILES string of the molecule is CCOC(=O)/C=C(\S)C(C)(C)C. The van der Waals surface area contributed by atoms with Gasteiger partial charge >= 0.3 is 5.97 Å². The molecule has 0 aliphatic carbocycles. The lowest BCUT2D eigenvalue weighted by atomic mass is 9.96. The Labute approximate surface area is 79.4 Å². The van der Waals surface area contributed by atoms with Gasteiger partial charge in [-0.15, -0.1) is 12.6 Å². The summed E-state index contributed by atoms with van der Waals surface area (Å²) in [6, 6.07) is 0. The fourth-order valence-corrected chi connectivity index (χ4v) is 0.617. The Morgan fingerprint density at radius 1 is 1.50 bits per heavy atom. The van der Waals surface area contributed by atoms with Crippen molar-refractivity contribution in [3.8, 4) is 0 Å². The van der Waals surface area contributed by atoms with E-state index in [0.29, 0.717) is 6.61 Å². The van der Waals surface area contributed by atoms with Gasteiger partial charge in [0.1, 0.15) is 0 Å². The highest BCUT2D eigenvalue weighted by atomic mass is 32.1. The molecule has 2 nitrogen and oxygen atoms in total. The third kappa shape index (κ3) is 4.44. The van der Waals surface area contributed by atoms with E-state index in [2.05, 4.69) is 12.6 Å². The number of hydrogen-bond acceptors (Lipinski definition) is 3. The summed E-state index contributed by atoms with van der Waals surface area (Å²) in [6.07, 6.45) is 1.42. The molecule has 0 aromatic heterocycles. The molecule has 12 heavy (non-hydrogen) atoms. The van der Waals surface area contributed by atoms with Crippen molar-refractivity contribution in [3.63, 3.8) is 0 Å². The molecule has 0 aromatic rings. The van der Waals surface area contributed by atoms with Gasteiger partial charge in [-0.25, -0.2) is 4.79 Å². The molecule has 0 fully saturated rings. The standard InChI is InChI=1S/C9H16O2S/c1-5-11-8(10)6-7(12)9(2,3)4/h6,12H,5H2,1-4H3/b7-6-. The topological polar surface area (TPSA) is 26.3 Å². The van der Waals surface area contributed by atoms with Crippen LogP contribution in [0.2, 0.25) is 0 Å². The molecule has 0 rings (SSSR count). The van der Waals surface area contributed by atoms with Gasteiger partial charge in [-0.05, 0) is 17.2 Å². The first kappa shape index (κ1) is 11.6. The quantitative estimate of drug-likeness (QED) is 0.409. The molecular weight excluding hydrogens is 172 g/mol. The van der Waals surface area contributed by atoms with E-state index < -0.39 is 0 Å². The van der Waals surface area contributed by atoms with Gasteiger partial charge in [-0.1, -0.05) is 20.8 Å². The van der Waals surface area contributed by atoms with Crippen molar-refractivity contribution in [2.24, 2.45) is 5.41 Å². The van der Waals surface area contributed by atoms with Crippen LogP contribution >= 0.6 is 12.6 Å². The summed E-state index contributed by atoms with van der Waals surface area (Å²) in [4.78, 5) is 11.7. The molecule has 3 heteroatoms. The first-order valence-corrected chi connectivity index (χ1v) is 4.40. The van der Waals surface area contributed by atoms with Crippen LogP contribution in [0.3, 0.4) is 0 Å². The van der Waals surface area contributed by atoms with Gasteiger partial charge in [0.15, 0.2) is 0 Å². The molecule has 0 aliphatic heterocycles. The summed E-state index contributed by atoms with van der Waals surface area (Å²) < 4.78 is 4.74. The van der Waals surface area contributed by atoms with Crippen LogP contribution in [-0.2, 0) is 9.53 Å². The Balaban J connectivity index is 4.26. The number of rotatable bonds is 2. The minimum atomic E-state index is -0.322. The van der Waals surface area contributed by atoms with Gasteiger partial charge in [-0.2, -0.15) is 0 Å². The first-order valence-electron chi connectivity index (χ1n) is 3.95. The summed E-state index contributed by atoms with van der Waals surface area (Å²) in [5, 5.41) is 0. The second-order valence-corrected chi connectivity index (χ2v) is 4.01. The molecule has 0 saturated carbocycles. The maximum absolute atomic E-state index is 11.0. The van der Waals surface area contributed by atoms with Crippen LogP contribution in [0.4, 0.5) is 0 Å². The van der Waals surface area contributed by atoms with Crippen LogP contribution in [0.5, 0.6) is 0 Å². The summed E-state index contributed by atoms with van der Waals surface area (Å²) >= 11 is 4.20. The number of ether oxygens (including phenoxy) is 1. The Hall–Kier alpha value is -0.440. The van der Waals surface area contributed by atoms with Crippen LogP contribution in [0, 0.1) is 5.41 Å². The number of carbonyl (C=O) groups is 1. The van der Waals surface area contributed by atoms with Crippen LogP contribution < -0.4 is 0 Å². The molecule has 0 spiro atoms. The van der Waals surface area contributed by atoms with Crippen molar-refractivity contribution < 1.29 is 9.53 Å². The van der Waals surface area contributed by atoms with Crippen molar-refractivity contribution in [2.45, 2.75) is 27.7 Å². The predicted molar refractivity (Wildman–Crippen MR) is 53.2 cm³/mol. The fraction of sp³-hybridized carbons (Fsp3) is 0.667. The van der Waals surface area contributed by atoms with E-state index in [0.717, 1.165) is 4.91 Å². The van der Waals surface area contributed by atoms with E-state index in [1.54, 1.807) is 6.92 Å². The number of esters is 1. The predicted octanol–water partition coefficient (Wildman–Crippen LogP) is 2.41. The second kappa shape index (κ2) is 4.55. The summed E-state index contributed by atoms with van der Waals surface area (Å²) in [7, 11) is 0. The molecule has 0 aliphatic rings. The zero-order valence-corrected chi connectivity index (χ0v) is 8.94. The zero-order valence-electron chi connectivity index (χ0n) is 8.05. The number of allylic oxidation sites excluding steroid dienone is 1. The van der Waals surface area contributed by atoms with Gasteiger partial charge in [0.2, 0.25) is 0 Å². The van der Waals surface area contributed by atoms with Gasteiger partial charge in [-0.3, -0.25) is 0 Å². The van der Waals surface area contributed by atoms with E-state index >= 15 is 0 Å². The van der Waals surface area contributed by atoms with Crippen molar-refractivity contribution in [2.75, 3.05) is 6.61 Å². The lowest BCUT2D eigenvalue weighted by molar-refractivity contribution is -0.137. The third-order valence-corrected chi connectivity index (χ3v) is 2.11.